The van der Waals surface area contributed by atoms with Gasteiger partial charge in [0.25, 0.3) is 0 Å². The maximum absolute atomic E-state index is 12.3. The van der Waals surface area contributed by atoms with Gasteiger partial charge in [0.2, 0.25) is 5.91 Å². The predicted molar refractivity (Wildman–Crippen MR) is 117 cm³/mol. The van der Waals surface area contributed by atoms with Crippen LogP contribution in [0.25, 0.3) is 11.1 Å². The van der Waals surface area contributed by atoms with E-state index in [1.54, 1.807) is 0 Å². The van der Waals surface area contributed by atoms with Crippen LogP contribution in [0.4, 0.5) is 4.79 Å². The van der Waals surface area contributed by atoms with Gasteiger partial charge in [0.1, 0.15) is 6.61 Å². The monoisotopic (exact) mass is 434 g/mol. The first-order valence-corrected chi connectivity index (χ1v) is 11.1. The summed E-state index contributed by atoms with van der Waals surface area (Å²) in [5.41, 5.74) is 4.71. The van der Waals surface area contributed by atoms with Crippen LogP contribution in [0.5, 0.6) is 0 Å². The van der Waals surface area contributed by atoms with Crippen LogP contribution in [0.1, 0.15) is 29.9 Å². The van der Waals surface area contributed by atoms with Crippen LogP contribution >= 0.6 is 0 Å². The molecule has 0 heterocycles. The Kier molecular flexibility index (Phi) is 5.33. The number of amides is 2. The molecule has 2 amide bonds. The molecule has 166 valence electrons. The number of carbonyl (C=O) groups excluding carboxylic acids is 2. The molecule has 4 atom stereocenters. The van der Waals surface area contributed by atoms with E-state index in [0.717, 1.165) is 6.42 Å². The number of aliphatic carboxylic acids is 1. The molecule has 2 saturated carbocycles. The van der Waals surface area contributed by atoms with Crippen molar-refractivity contribution in [1.82, 2.24) is 10.6 Å². The van der Waals surface area contributed by atoms with Crippen molar-refractivity contribution in [3.63, 3.8) is 0 Å². The Morgan fingerprint density at radius 2 is 1.41 bits per heavy atom. The second-order valence-corrected chi connectivity index (χ2v) is 8.99. The normalized spacial score (nSPS) is 24.8. The number of fused-ring (bicyclic) bond motifs is 3. The number of hydrogen-bond donors (Lipinski definition) is 3. The van der Waals surface area contributed by atoms with Crippen molar-refractivity contribution in [2.75, 3.05) is 19.7 Å². The molecule has 0 aliphatic heterocycles. The molecule has 0 unspecified atom stereocenters. The van der Waals surface area contributed by atoms with Crippen molar-refractivity contribution < 1.29 is 24.2 Å². The van der Waals surface area contributed by atoms with Gasteiger partial charge in [-0.05, 0) is 46.9 Å². The van der Waals surface area contributed by atoms with E-state index in [1.165, 1.54) is 22.3 Å². The molecule has 2 aromatic carbocycles. The lowest BCUT2D eigenvalue weighted by atomic mass is 9.98. The maximum atomic E-state index is 12.3. The molecule has 0 saturated heterocycles. The molecule has 2 aromatic rings. The Hall–Kier alpha value is -3.35. The van der Waals surface area contributed by atoms with Gasteiger partial charge >= 0.3 is 12.1 Å². The van der Waals surface area contributed by atoms with Gasteiger partial charge in [-0.3, -0.25) is 9.59 Å². The maximum Gasteiger partial charge on any atom is 0.407 e. The highest BCUT2D eigenvalue weighted by Gasteiger charge is 2.46. The Morgan fingerprint density at radius 1 is 0.844 bits per heavy atom. The molecule has 7 heteroatoms. The van der Waals surface area contributed by atoms with E-state index in [2.05, 4.69) is 34.9 Å². The minimum atomic E-state index is -0.791. The minimum absolute atomic E-state index is 0.0182. The Balaban J connectivity index is 1.06. The highest BCUT2D eigenvalue weighted by molar-refractivity contribution is 5.82. The largest absolute Gasteiger partial charge is 0.481 e. The van der Waals surface area contributed by atoms with Crippen LogP contribution in [0, 0.1) is 23.7 Å². The molecule has 0 bridgehead atoms. The van der Waals surface area contributed by atoms with Crippen LogP contribution in [-0.4, -0.2) is 42.8 Å². The summed E-state index contributed by atoms with van der Waals surface area (Å²) < 4.78 is 5.53. The van der Waals surface area contributed by atoms with Crippen molar-refractivity contribution in [2.45, 2.75) is 18.8 Å². The number of ether oxygens (including phenoxy) is 1. The molecule has 3 aliphatic carbocycles. The van der Waals surface area contributed by atoms with Crippen molar-refractivity contribution in [3.8, 4) is 11.1 Å². The molecule has 5 rings (SSSR count). The van der Waals surface area contributed by atoms with Gasteiger partial charge in [-0.2, -0.15) is 0 Å². The van der Waals surface area contributed by atoms with Gasteiger partial charge in [-0.25, -0.2) is 4.79 Å². The number of carbonyl (C=O) groups is 3. The summed E-state index contributed by atoms with van der Waals surface area (Å²) in [7, 11) is 0. The number of alkyl carbamates (subject to hydrolysis) is 1. The number of carboxylic acid groups (broad SMARTS) is 1. The fraction of sp³-hybridized carbons (Fsp3) is 0.400. The van der Waals surface area contributed by atoms with Crippen molar-refractivity contribution in [2.24, 2.45) is 23.7 Å². The highest BCUT2D eigenvalue weighted by atomic mass is 16.5. The number of nitrogens with one attached hydrogen (secondary N) is 2. The van der Waals surface area contributed by atoms with Gasteiger partial charge in [-0.1, -0.05) is 48.5 Å². The average Bonchev–Trinajstić information content (AvgIpc) is 3.71. The van der Waals surface area contributed by atoms with Crippen molar-refractivity contribution in [3.05, 3.63) is 59.7 Å². The Labute approximate surface area is 186 Å². The van der Waals surface area contributed by atoms with E-state index < -0.39 is 12.1 Å². The SMILES string of the molecule is O=C(NC[C@@H]1C[C@@H]1C(=O)NC[C@@H]1C[C@@H]1C(=O)O)OCC1c2ccccc2-c2ccccc21. The molecule has 3 N–H and O–H groups in total. The molecule has 32 heavy (non-hydrogen) atoms. The topological polar surface area (TPSA) is 105 Å². The lowest BCUT2D eigenvalue weighted by Crippen LogP contribution is -2.31. The number of carboxylic acids is 1. The summed E-state index contributed by atoms with van der Waals surface area (Å²) >= 11 is 0. The summed E-state index contributed by atoms with van der Waals surface area (Å²) in [5, 5.41) is 14.5. The van der Waals surface area contributed by atoms with Crippen LogP contribution in [0.2, 0.25) is 0 Å². The van der Waals surface area contributed by atoms with Crippen molar-refractivity contribution >= 4 is 18.0 Å². The van der Waals surface area contributed by atoms with E-state index in [9.17, 15) is 14.4 Å². The standard InChI is InChI=1S/C25H26N2O5/c28-23(26-11-15-10-21(15)24(29)30)20-9-14(20)12-27-25(31)32-13-22-18-7-3-1-5-16(18)17-6-2-4-8-19(17)22/h1-8,14-15,20-22H,9-13H2,(H,26,28)(H,27,31)(H,29,30)/t14-,15-,20-,21-/m0/s1. The van der Waals surface area contributed by atoms with E-state index in [-0.39, 0.29) is 42.1 Å². The Morgan fingerprint density at radius 3 is 2.03 bits per heavy atom. The van der Waals surface area contributed by atoms with Crippen molar-refractivity contribution in [1.29, 1.82) is 0 Å². The number of benzene rings is 2. The summed E-state index contributed by atoms with van der Waals surface area (Å²) in [4.78, 5) is 35.3. The van der Waals surface area contributed by atoms with Gasteiger partial charge in [0.05, 0.1) is 5.92 Å². The number of rotatable bonds is 8. The van der Waals surface area contributed by atoms with E-state index in [1.807, 2.05) is 24.3 Å². The molecule has 0 spiro atoms. The molecular formula is C25H26N2O5. The lowest BCUT2D eigenvalue weighted by molar-refractivity contribution is -0.139. The lowest BCUT2D eigenvalue weighted by Gasteiger charge is -2.14. The zero-order valence-corrected chi connectivity index (χ0v) is 17.6. The summed E-state index contributed by atoms with van der Waals surface area (Å²) in [6.45, 7) is 1.08. The van der Waals surface area contributed by atoms with Gasteiger partial charge < -0.3 is 20.5 Å². The fourth-order valence-corrected chi connectivity index (χ4v) is 4.80. The minimum Gasteiger partial charge on any atom is -0.481 e. The van der Waals surface area contributed by atoms with Gasteiger partial charge in [0.15, 0.2) is 0 Å². The molecule has 0 radical (unpaired) electrons. The molecular weight excluding hydrogens is 408 g/mol. The molecule has 0 aromatic heterocycles. The van der Waals surface area contributed by atoms with Crippen LogP contribution < -0.4 is 10.6 Å². The van der Waals surface area contributed by atoms with E-state index in [4.69, 9.17) is 9.84 Å². The number of hydrogen-bond acceptors (Lipinski definition) is 4. The first-order valence-electron chi connectivity index (χ1n) is 11.1. The van der Waals surface area contributed by atoms with Crippen LogP contribution in [-0.2, 0) is 14.3 Å². The first kappa shape index (κ1) is 20.5. The van der Waals surface area contributed by atoms with Crippen LogP contribution in [0.3, 0.4) is 0 Å². The second kappa shape index (κ2) is 8.30. The fourth-order valence-electron chi connectivity index (χ4n) is 4.80. The first-order chi connectivity index (χ1) is 15.5. The Bertz CT molecular complexity index is 1020. The zero-order chi connectivity index (χ0) is 22.2. The third-order valence-corrected chi connectivity index (χ3v) is 6.89. The highest BCUT2D eigenvalue weighted by Crippen LogP contribution is 2.44. The predicted octanol–water partition coefficient (Wildman–Crippen LogP) is 3.00. The molecule has 7 nitrogen and oxygen atoms in total. The molecule has 3 aliphatic rings. The van der Waals surface area contributed by atoms with Crippen LogP contribution in [0.15, 0.2) is 48.5 Å². The summed E-state index contributed by atoms with van der Waals surface area (Å²) in [6.07, 6.45) is 0.885. The second-order valence-electron chi connectivity index (χ2n) is 8.99. The third-order valence-electron chi connectivity index (χ3n) is 6.89. The summed E-state index contributed by atoms with van der Waals surface area (Å²) in [5.74, 6) is -1.12. The van der Waals surface area contributed by atoms with Gasteiger partial charge in [-0.15, -0.1) is 0 Å². The summed E-state index contributed by atoms with van der Waals surface area (Å²) in [6, 6.07) is 16.4. The average molecular weight is 434 g/mol. The quantitative estimate of drug-likeness (QED) is 0.593. The molecule has 2 fully saturated rings. The zero-order valence-electron chi connectivity index (χ0n) is 17.6. The van der Waals surface area contributed by atoms with Gasteiger partial charge in [0, 0.05) is 24.9 Å². The van der Waals surface area contributed by atoms with E-state index in [0.29, 0.717) is 19.5 Å². The van der Waals surface area contributed by atoms with E-state index >= 15 is 0 Å². The third kappa shape index (κ3) is 4.07. The smallest absolute Gasteiger partial charge is 0.407 e.